The van der Waals surface area contributed by atoms with Gasteiger partial charge in [-0.2, -0.15) is 11.8 Å². The lowest BCUT2D eigenvalue weighted by molar-refractivity contribution is 0.557. The molecule has 0 rings (SSSR count). The highest BCUT2D eigenvalue weighted by molar-refractivity contribution is 7.99. The first kappa shape index (κ1) is 14.1. The quantitative estimate of drug-likeness (QED) is 0.592. The highest BCUT2D eigenvalue weighted by atomic mass is 32.2. The molecule has 0 aromatic carbocycles. The molecule has 0 heterocycles. The minimum Gasteiger partial charge on any atom is -0.313 e. The van der Waals surface area contributed by atoms with Gasteiger partial charge in [0.15, 0.2) is 0 Å². The van der Waals surface area contributed by atoms with Crippen LogP contribution in [0.4, 0.5) is 0 Å². The van der Waals surface area contributed by atoms with Crippen molar-refractivity contribution in [3.63, 3.8) is 0 Å². The Morgan fingerprint density at radius 3 is 2.57 bits per heavy atom. The summed E-state index contributed by atoms with van der Waals surface area (Å²) < 4.78 is 0. The van der Waals surface area contributed by atoms with E-state index in [0.29, 0.717) is 6.04 Å². The lowest BCUT2D eigenvalue weighted by Gasteiger charge is -2.16. The minimum absolute atomic E-state index is 0.621. The van der Waals surface area contributed by atoms with E-state index in [2.05, 4.69) is 32.7 Å². The van der Waals surface area contributed by atoms with Crippen molar-refractivity contribution in [1.82, 2.24) is 5.32 Å². The van der Waals surface area contributed by atoms with E-state index < -0.39 is 0 Å². The van der Waals surface area contributed by atoms with Crippen molar-refractivity contribution >= 4 is 11.8 Å². The molecule has 0 spiro atoms. The summed E-state index contributed by atoms with van der Waals surface area (Å²) in [4.78, 5) is 0. The van der Waals surface area contributed by atoms with Gasteiger partial charge in [0, 0.05) is 11.8 Å². The van der Waals surface area contributed by atoms with Crippen LogP contribution < -0.4 is 5.32 Å². The molecule has 0 aliphatic heterocycles. The third-order valence-corrected chi connectivity index (χ3v) is 3.44. The lowest BCUT2D eigenvalue weighted by Crippen LogP contribution is -2.31. The van der Waals surface area contributed by atoms with Gasteiger partial charge in [-0.15, -0.1) is 6.58 Å². The molecular formula is C12H25NS. The first-order valence-electron chi connectivity index (χ1n) is 5.62. The molecule has 0 saturated heterocycles. The summed E-state index contributed by atoms with van der Waals surface area (Å²) in [6.45, 7) is 11.7. The number of hydrogen-bond donors (Lipinski definition) is 1. The molecule has 0 amide bonds. The fourth-order valence-corrected chi connectivity index (χ4v) is 2.35. The zero-order valence-electron chi connectivity index (χ0n) is 9.88. The third-order valence-electron chi connectivity index (χ3n) is 1.90. The average Bonchev–Trinajstić information content (AvgIpc) is 2.13. The van der Waals surface area contributed by atoms with E-state index in [0.717, 1.165) is 18.9 Å². The standard InChI is InChI=1S/C12H25NS/c1-5-7-12(13-8-6-2)10-14-9-11(3)4/h5,11-13H,1,6-10H2,2-4H3. The van der Waals surface area contributed by atoms with Crippen LogP contribution in [0.1, 0.15) is 33.6 Å². The van der Waals surface area contributed by atoms with Crippen molar-refractivity contribution < 1.29 is 0 Å². The zero-order chi connectivity index (χ0) is 10.8. The summed E-state index contributed by atoms with van der Waals surface area (Å²) in [6.07, 6.45) is 4.32. The van der Waals surface area contributed by atoms with Gasteiger partial charge in [0.2, 0.25) is 0 Å². The molecule has 1 N–H and O–H groups in total. The van der Waals surface area contributed by atoms with E-state index in [1.807, 2.05) is 17.8 Å². The SMILES string of the molecule is C=CCC(CSCC(C)C)NCCC. The van der Waals surface area contributed by atoms with E-state index in [-0.39, 0.29) is 0 Å². The Bertz CT molecular complexity index is 134. The maximum Gasteiger partial charge on any atom is 0.0192 e. The Morgan fingerprint density at radius 2 is 2.07 bits per heavy atom. The summed E-state index contributed by atoms with van der Waals surface area (Å²) in [6, 6.07) is 0.621. The van der Waals surface area contributed by atoms with E-state index >= 15 is 0 Å². The van der Waals surface area contributed by atoms with Crippen molar-refractivity contribution in [2.75, 3.05) is 18.1 Å². The fraction of sp³-hybridized carbons (Fsp3) is 0.833. The van der Waals surface area contributed by atoms with Crippen molar-refractivity contribution in [2.45, 2.75) is 39.7 Å². The van der Waals surface area contributed by atoms with E-state index in [4.69, 9.17) is 0 Å². The highest BCUT2D eigenvalue weighted by Crippen LogP contribution is 2.10. The molecule has 0 aromatic heterocycles. The molecule has 14 heavy (non-hydrogen) atoms. The van der Waals surface area contributed by atoms with Gasteiger partial charge in [0.25, 0.3) is 0 Å². The maximum absolute atomic E-state index is 3.80. The molecule has 0 aromatic rings. The van der Waals surface area contributed by atoms with Gasteiger partial charge >= 0.3 is 0 Å². The monoisotopic (exact) mass is 215 g/mol. The van der Waals surface area contributed by atoms with Crippen LogP contribution in [0.25, 0.3) is 0 Å². The summed E-state index contributed by atoms with van der Waals surface area (Å²) in [5, 5.41) is 3.55. The Balaban J connectivity index is 3.55. The van der Waals surface area contributed by atoms with Crippen LogP contribution >= 0.6 is 11.8 Å². The van der Waals surface area contributed by atoms with Crippen LogP contribution in [-0.2, 0) is 0 Å². The lowest BCUT2D eigenvalue weighted by atomic mass is 10.2. The van der Waals surface area contributed by atoms with Gasteiger partial charge < -0.3 is 5.32 Å². The van der Waals surface area contributed by atoms with E-state index in [1.54, 1.807) is 0 Å². The molecule has 1 atom stereocenters. The van der Waals surface area contributed by atoms with Crippen LogP contribution in [-0.4, -0.2) is 24.1 Å². The van der Waals surface area contributed by atoms with Gasteiger partial charge in [0.1, 0.15) is 0 Å². The number of hydrogen-bond acceptors (Lipinski definition) is 2. The number of rotatable bonds is 9. The van der Waals surface area contributed by atoms with Crippen LogP contribution in [0.2, 0.25) is 0 Å². The van der Waals surface area contributed by atoms with Crippen molar-refractivity contribution in [1.29, 1.82) is 0 Å². The van der Waals surface area contributed by atoms with Crippen molar-refractivity contribution in [2.24, 2.45) is 5.92 Å². The largest absolute Gasteiger partial charge is 0.313 e. The van der Waals surface area contributed by atoms with Gasteiger partial charge in [0.05, 0.1) is 0 Å². The Morgan fingerprint density at radius 1 is 1.36 bits per heavy atom. The Hall–Kier alpha value is 0.0500. The molecule has 1 nitrogen and oxygen atoms in total. The van der Waals surface area contributed by atoms with Gasteiger partial charge in [-0.05, 0) is 31.1 Å². The molecule has 0 bridgehead atoms. The van der Waals surface area contributed by atoms with Gasteiger partial charge in [-0.25, -0.2) is 0 Å². The predicted molar refractivity (Wildman–Crippen MR) is 69.1 cm³/mol. The first-order chi connectivity index (χ1) is 6.70. The molecule has 0 saturated carbocycles. The molecule has 84 valence electrons. The smallest absolute Gasteiger partial charge is 0.0192 e. The minimum atomic E-state index is 0.621. The Kier molecular flexibility index (Phi) is 9.63. The molecular weight excluding hydrogens is 190 g/mol. The molecule has 1 unspecified atom stereocenters. The number of nitrogens with one attached hydrogen (secondary N) is 1. The molecule has 0 radical (unpaired) electrons. The van der Waals surface area contributed by atoms with E-state index in [9.17, 15) is 0 Å². The third kappa shape index (κ3) is 8.64. The normalized spacial score (nSPS) is 13.1. The molecule has 0 fully saturated rings. The maximum atomic E-state index is 3.80. The summed E-state index contributed by atoms with van der Waals surface area (Å²) in [5.74, 6) is 3.28. The van der Waals surface area contributed by atoms with Crippen LogP contribution in [0.3, 0.4) is 0 Å². The Labute approximate surface area is 93.7 Å². The fourth-order valence-electron chi connectivity index (χ4n) is 1.21. The van der Waals surface area contributed by atoms with Crippen LogP contribution in [0.15, 0.2) is 12.7 Å². The van der Waals surface area contributed by atoms with Crippen LogP contribution in [0, 0.1) is 5.92 Å². The predicted octanol–water partition coefficient (Wildman–Crippen LogP) is 3.32. The molecule has 0 aliphatic carbocycles. The topological polar surface area (TPSA) is 12.0 Å². The molecule has 2 heteroatoms. The van der Waals surface area contributed by atoms with Crippen LogP contribution in [0.5, 0.6) is 0 Å². The van der Waals surface area contributed by atoms with Crippen molar-refractivity contribution in [3.8, 4) is 0 Å². The first-order valence-corrected chi connectivity index (χ1v) is 6.78. The van der Waals surface area contributed by atoms with Gasteiger partial charge in [-0.3, -0.25) is 0 Å². The second-order valence-corrected chi connectivity index (χ2v) is 5.18. The highest BCUT2D eigenvalue weighted by Gasteiger charge is 2.05. The average molecular weight is 215 g/mol. The van der Waals surface area contributed by atoms with Crippen molar-refractivity contribution in [3.05, 3.63) is 12.7 Å². The second kappa shape index (κ2) is 9.60. The molecule has 0 aliphatic rings. The van der Waals surface area contributed by atoms with Gasteiger partial charge in [-0.1, -0.05) is 26.8 Å². The zero-order valence-corrected chi connectivity index (χ0v) is 10.7. The summed E-state index contributed by atoms with van der Waals surface area (Å²) in [7, 11) is 0. The summed E-state index contributed by atoms with van der Waals surface area (Å²) >= 11 is 2.05. The number of thioether (sulfide) groups is 1. The van der Waals surface area contributed by atoms with E-state index in [1.165, 1.54) is 17.9 Å². The second-order valence-electron chi connectivity index (χ2n) is 4.11. The summed E-state index contributed by atoms with van der Waals surface area (Å²) in [5.41, 5.74) is 0.